The van der Waals surface area contributed by atoms with Crippen LogP contribution in [0.1, 0.15) is 65.4 Å². The van der Waals surface area contributed by atoms with E-state index in [4.69, 9.17) is 4.74 Å². The molecule has 2 aliphatic rings. The monoisotopic (exact) mass is 384 g/mol. The summed E-state index contributed by atoms with van der Waals surface area (Å²) < 4.78 is 5.97. The van der Waals surface area contributed by atoms with E-state index in [-0.39, 0.29) is 12.1 Å². The van der Waals surface area contributed by atoms with Crippen LogP contribution in [0.15, 0.2) is 36.4 Å². The van der Waals surface area contributed by atoms with Crippen molar-refractivity contribution >= 4 is 5.97 Å². The van der Waals surface area contributed by atoms with Crippen LogP contribution in [0.25, 0.3) is 0 Å². The Morgan fingerprint density at radius 2 is 2.07 bits per heavy atom. The van der Waals surface area contributed by atoms with Crippen LogP contribution in [0, 0.1) is 29.1 Å². The van der Waals surface area contributed by atoms with Crippen LogP contribution in [-0.2, 0) is 16.0 Å². The molecule has 2 aliphatic carbocycles. The number of rotatable bonds is 8. The Kier molecular flexibility index (Phi) is 6.52. The summed E-state index contributed by atoms with van der Waals surface area (Å²) in [6.45, 7) is 7.98. The van der Waals surface area contributed by atoms with Crippen molar-refractivity contribution in [3.05, 3.63) is 42.0 Å². The molecule has 5 unspecified atom stereocenters. The third-order valence-electron chi connectivity index (χ3n) is 6.35. The van der Waals surface area contributed by atoms with Crippen molar-refractivity contribution in [2.45, 2.75) is 72.3 Å². The van der Waals surface area contributed by atoms with E-state index in [0.717, 1.165) is 18.4 Å². The fraction of sp³-hybridized carbons (Fsp3) is 0.640. The maximum atomic E-state index is 12.5. The molecule has 0 aliphatic heterocycles. The van der Waals surface area contributed by atoms with Crippen LogP contribution in [0.5, 0.6) is 5.75 Å². The van der Waals surface area contributed by atoms with E-state index >= 15 is 0 Å². The first kappa shape index (κ1) is 21.0. The molecule has 3 nitrogen and oxygen atoms in total. The molecule has 1 aromatic rings. The molecule has 0 spiro atoms. The number of hydrogen-bond donors (Lipinski definition) is 1. The minimum absolute atomic E-state index is 0.00573. The van der Waals surface area contributed by atoms with Gasteiger partial charge in [0, 0.05) is 5.92 Å². The summed E-state index contributed by atoms with van der Waals surface area (Å²) in [6.07, 6.45) is 11.6. The molecule has 154 valence electrons. The minimum atomic E-state index is -0.471. The minimum Gasteiger partial charge on any atom is -0.508 e. The Balaban J connectivity index is 1.67. The highest BCUT2D eigenvalue weighted by Crippen LogP contribution is 2.62. The smallest absolute Gasteiger partial charge is 0.311 e. The average Bonchev–Trinajstić information content (AvgIpc) is 3.18. The van der Waals surface area contributed by atoms with Crippen LogP contribution in [0.2, 0.25) is 0 Å². The second kappa shape index (κ2) is 8.71. The fourth-order valence-electron chi connectivity index (χ4n) is 4.75. The van der Waals surface area contributed by atoms with E-state index in [1.54, 1.807) is 6.07 Å². The number of allylic oxidation sites excluding steroid dienone is 2. The van der Waals surface area contributed by atoms with Gasteiger partial charge in [-0.25, -0.2) is 0 Å². The number of phenols is 1. The normalized spacial score (nSPS) is 29.1. The SMILES string of the molecule is CCCCC/C=C/C1C2CC(OC(=O)C(C)(C)C)C(Cc3cccc(O)c3)C12. The van der Waals surface area contributed by atoms with E-state index < -0.39 is 5.41 Å². The van der Waals surface area contributed by atoms with Gasteiger partial charge in [0.05, 0.1) is 5.41 Å². The zero-order chi connectivity index (χ0) is 20.3. The van der Waals surface area contributed by atoms with Gasteiger partial charge in [-0.2, -0.15) is 0 Å². The van der Waals surface area contributed by atoms with Gasteiger partial charge in [-0.15, -0.1) is 0 Å². The van der Waals surface area contributed by atoms with Crippen LogP contribution >= 0.6 is 0 Å². The van der Waals surface area contributed by atoms with Crippen LogP contribution in [-0.4, -0.2) is 17.2 Å². The number of carbonyl (C=O) groups is 1. The van der Waals surface area contributed by atoms with Gasteiger partial charge in [-0.05, 0) is 81.9 Å². The molecular weight excluding hydrogens is 348 g/mol. The number of carbonyl (C=O) groups excluding carboxylic acids is 1. The summed E-state index contributed by atoms with van der Waals surface area (Å²) in [6, 6.07) is 7.50. The molecule has 2 fully saturated rings. The second-order valence-corrected chi connectivity index (χ2v) is 9.71. The molecule has 1 N–H and O–H groups in total. The molecule has 3 rings (SSSR count). The van der Waals surface area contributed by atoms with Crippen molar-refractivity contribution in [1.29, 1.82) is 0 Å². The predicted molar refractivity (Wildman–Crippen MR) is 113 cm³/mol. The van der Waals surface area contributed by atoms with E-state index in [1.807, 2.05) is 32.9 Å². The largest absolute Gasteiger partial charge is 0.508 e. The lowest BCUT2D eigenvalue weighted by Gasteiger charge is -2.27. The zero-order valence-corrected chi connectivity index (χ0v) is 17.9. The molecule has 0 saturated heterocycles. The number of benzene rings is 1. The van der Waals surface area contributed by atoms with Gasteiger partial charge in [0.25, 0.3) is 0 Å². The summed E-state index contributed by atoms with van der Waals surface area (Å²) in [5.41, 5.74) is 0.654. The first-order chi connectivity index (χ1) is 13.3. The van der Waals surface area contributed by atoms with Crippen molar-refractivity contribution in [3.8, 4) is 5.75 Å². The zero-order valence-electron chi connectivity index (χ0n) is 17.9. The Labute approximate surface area is 170 Å². The first-order valence-corrected chi connectivity index (χ1v) is 11.0. The van der Waals surface area contributed by atoms with Crippen molar-refractivity contribution in [1.82, 2.24) is 0 Å². The molecule has 28 heavy (non-hydrogen) atoms. The van der Waals surface area contributed by atoms with Crippen LogP contribution < -0.4 is 0 Å². The van der Waals surface area contributed by atoms with Gasteiger partial charge < -0.3 is 9.84 Å². The third kappa shape index (κ3) is 4.98. The number of unbranched alkanes of at least 4 members (excludes halogenated alkanes) is 3. The van der Waals surface area contributed by atoms with Gasteiger partial charge in [-0.1, -0.05) is 44.1 Å². The number of hydrogen-bond acceptors (Lipinski definition) is 3. The summed E-state index contributed by atoms with van der Waals surface area (Å²) >= 11 is 0. The summed E-state index contributed by atoms with van der Waals surface area (Å²) in [5, 5.41) is 9.82. The molecule has 0 bridgehead atoms. The number of ether oxygens (including phenoxy) is 1. The van der Waals surface area contributed by atoms with Crippen molar-refractivity contribution in [2.24, 2.45) is 29.1 Å². The molecular formula is C25H36O3. The number of esters is 1. The van der Waals surface area contributed by atoms with E-state index in [9.17, 15) is 9.90 Å². The fourth-order valence-corrected chi connectivity index (χ4v) is 4.75. The third-order valence-corrected chi connectivity index (χ3v) is 6.35. The number of aromatic hydroxyl groups is 1. The Morgan fingerprint density at radius 3 is 2.75 bits per heavy atom. The lowest BCUT2D eigenvalue weighted by Crippen LogP contribution is -2.33. The molecule has 5 atom stereocenters. The van der Waals surface area contributed by atoms with Crippen LogP contribution in [0.3, 0.4) is 0 Å². The van der Waals surface area contributed by atoms with Gasteiger partial charge >= 0.3 is 5.97 Å². The Bertz CT molecular complexity index is 700. The van der Waals surface area contributed by atoms with E-state index in [0.29, 0.717) is 29.4 Å². The van der Waals surface area contributed by atoms with Crippen molar-refractivity contribution in [3.63, 3.8) is 0 Å². The van der Waals surface area contributed by atoms with E-state index in [1.165, 1.54) is 25.7 Å². The van der Waals surface area contributed by atoms with Gasteiger partial charge in [0.15, 0.2) is 0 Å². The van der Waals surface area contributed by atoms with Gasteiger partial charge in [0.1, 0.15) is 11.9 Å². The highest BCUT2D eigenvalue weighted by Gasteiger charge is 2.61. The predicted octanol–water partition coefficient (Wildman–Crippen LogP) is 5.91. The Hall–Kier alpha value is -1.77. The average molecular weight is 385 g/mol. The number of fused-ring (bicyclic) bond motifs is 1. The molecule has 0 heterocycles. The standard InChI is InChI=1S/C25H36O3/c1-5-6-7-8-9-13-19-20-16-22(28-24(27)25(2,3)4)21(23(19)20)15-17-11-10-12-18(26)14-17/h9-14,19-23,26H,5-8,15-16H2,1-4H3/b13-9+. The molecule has 2 saturated carbocycles. The summed E-state index contributed by atoms with van der Waals surface area (Å²) in [7, 11) is 0. The summed E-state index contributed by atoms with van der Waals surface area (Å²) in [5.74, 6) is 2.41. The van der Waals surface area contributed by atoms with Gasteiger partial charge in [0.2, 0.25) is 0 Å². The lowest BCUT2D eigenvalue weighted by atomic mass is 9.89. The summed E-state index contributed by atoms with van der Waals surface area (Å²) in [4.78, 5) is 12.5. The van der Waals surface area contributed by atoms with Crippen molar-refractivity contribution < 1.29 is 14.6 Å². The molecule has 0 aromatic heterocycles. The molecule has 1 aromatic carbocycles. The van der Waals surface area contributed by atoms with Crippen molar-refractivity contribution in [2.75, 3.05) is 0 Å². The Morgan fingerprint density at radius 1 is 1.29 bits per heavy atom. The highest BCUT2D eigenvalue weighted by atomic mass is 16.5. The molecule has 3 heteroatoms. The highest BCUT2D eigenvalue weighted by molar-refractivity contribution is 5.75. The molecule has 0 radical (unpaired) electrons. The molecule has 0 amide bonds. The van der Waals surface area contributed by atoms with Gasteiger partial charge in [-0.3, -0.25) is 4.79 Å². The quantitative estimate of drug-likeness (QED) is 0.344. The van der Waals surface area contributed by atoms with E-state index in [2.05, 4.69) is 25.1 Å². The maximum Gasteiger partial charge on any atom is 0.311 e. The first-order valence-electron chi connectivity index (χ1n) is 11.0. The number of phenolic OH excluding ortho intramolecular Hbond substituents is 1. The maximum absolute atomic E-state index is 12.5. The topological polar surface area (TPSA) is 46.5 Å². The van der Waals surface area contributed by atoms with Crippen LogP contribution in [0.4, 0.5) is 0 Å². The second-order valence-electron chi connectivity index (χ2n) is 9.71. The lowest BCUT2D eigenvalue weighted by molar-refractivity contribution is -0.161.